The maximum absolute atomic E-state index is 12.3. The normalized spacial score (nSPS) is 13.2. The zero-order valence-corrected chi connectivity index (χ0v) is 36.4. The molecule has 2 heterocycles. The number of aromatic amines is 4. The smallest absolute Gasteiger partial charge is 0.744 e. The summed E-state index contributed by atoms with van der Waals surface area (Å²) in [6, 6.07) is 25.1. The van der Waals surface area contributed by atoms with E-state index in [1.54, 1.807) is 48.5 Å². The molecule has 4 aromatic carbocycles. The summed E-state index contributed by atoms with van der Waals surface area (Å²) in [4.78, 5) is 35.0. The van der Waals surface area contributed by atoms with E-state index in [4.69, 9.17) is 23.2 Å². The molecule has 0 unspecified atom stereocenters. The molecule has 0 saturated carbocycles. The van der Waals surface area contributed by atoms with Crippen LogP contribution >= 0.6 is 23.2 Å². The molecule has 0 spiro atoms. The number of aromatic nitrogens is 6. The molecule has 0 radical (unpaired) electrons. The molecule has 0 aliphatic carbocycles. The van der Waals surface area contributed by atoms with Crippen molar-refractivity contribution in [1.82, 2.24) is 29.9 Å². The van der Waals surface area contributed by atoms with Gasteiger partial charge in [0.2, 0.25) is 33.0 Å². The number of halogens is 2. The van der Waals surface area contributed by atoms with E-state index in [0.717, 1.165) is 12.1 Å². The molecule has 6 rings (SSSR count). The first kappa shape index (κ1) is 43.6. The van der Waals surface area contributed by atoms with Crippen molar-refractivity contribution in [2.75, 3.05) is 0 Å². The minimum atomic E-state index is -5.08. The van der Waals surface area contributed by atoms with Crippen molar-refractivity contribution in [1.29, 1.82) is 0 Å². The van der Waals surface area contributed by atoms with Crippen molar-refractivity contribution >= 4 is 78.3 Å². The Morgan fingerprint density at radius 2 is 0.907 bits per heavy atom. The Kier molecular flexibility index (Phi) is 15.5. The SMILES string of the molecule is O=S(=O)([O-])c1cc(N=c2[nH]c(Cl)nc(=Nc3ccccc3)[nH]2)ccc1/C=C/c1ccc(N=c2[nH]c(Cl)nc(=Nc3ccccc3)[nH]2)cc1S(=O)(=O)[O-].[K+].[Na+]. The number of benzene rings is 4. The van der Waals surface area contributed by atoms with Crippen molar-refractivity contribution in [3.63, 3.8) is 0 Å². The maximum Gasteiger partial charge on any atom is 1.00 e. The van der Waals surface area contributed by atoms with E-state index >= 15 is 0 Å². The first-order valence-electron chi connectivity index (χ1n) is 14.7. The Balaban J connectivity index is 0.00000325. The Labute approximate surface area is 381 Å². The van der Waals surface area contributed by atoms with Gasteiger partial charge in [-0.2, -0.15) is 9.97 Å². The van der Waals surface area contributed by atoms with Gasteiger partial charge in [-0.25, -0.2) is 36.8 Å². The Morgan fingerprint density at radius 3 is 1.26 bits per heavy atom. The van der Waals surface area contributed by atoms with E-state index in [0.29, 0.717) is 11.4 Å². The summed E-state index contributed by atoms with van der Waals surface area (Å²) < 4.78 is 73.8. The van der Waals surface area contributed by atoms with Gasteiger partial charge in [-0.05, 0) is 82.9 Å². The summed E-state index contributed by atoms with van der Waals surface area (Å²) >= 11 is 12.2. The minimum Gasteiger partial charge on any atom is -0.744 e. The Bertz CT molecular complexity index is 2660. The number of nitrogens with zero attached hydrogens (tertiary/aromatic N) is 6. The third-order valence-electron chi connectivity index (χ3n) is 6.75. The van der Waals surface area contributed by atoms with Crippen LogP contribution in [0.5, 0.6) is 0 Å². The predicted octanol–water partition coefficient (Wildman–Crippen LogP) is -1.99. The molecule has 4 N–H and O–H groups in total. The van der Waals surface area contributed by atoms with Crippen molar-refractivity contribution in [2.45, 2.75) is 9.79 Å². The zero-order chi connectivity index (χ0) is 36.9. The van der Waals surface area contributed by atoms with Gasteiger partial charge >= 0.3 is 80.9 Å². The van der Waals surface area contributed by atoms with Gasteiger partial charge in [0.15, 0.2) is 0 Å². The average Bonchev–Trinajstić information content (AvgIpc) is 3.07. The summed E-state index contributed by atoms with van der Waals surface area (Å²) in [5, 5.41) is -0.147. The van der Waals surface area contributed by atoms with Crippen LogP contribution in [-0.2, 0) is 20.2 Å². The number of para-hydroxylation sites is 2. The second kappa shape index (κ2) is 19.2. The fourth-order valence-electron chi connectivity index (χ4n) is 4.57. The number of nitrogens with one attached hydrogen (secondary N) is 4. The summed E-state index contributed by atoms with van der Waals surface area (Å²) in [5.41, 5.74) is 1.26. The molecule has 16 nitrogen and oxygen atoms in total. The molecule has 54 heavy (non-hydrogen) atoms. The van der Waals surface area contributed by atoms with Gasteiger partial charge in [0.1, 0.15) is 20.2 Å². The van der Waals surface area contributed by atoms with Crippen LogP contribution in [0.4, 0.5) is 22.7 Å². The van der Waals surface area contributed by atoms with Crippen LogP contribution in [0.3, 0.4) is 0 Å². The van der Waals surface area contributed by atoms with Gasteiger partial charge in [0.05, 0.1) is 32.5 Å². The van der Waals surface area contributed by atoms with E-state index in [1.165, 1.54) is 36.4 Å². The Morgan fingerprint density at radius 1 is 0.537 bits per heavy atom. The molecule has 0 aliphatic heterocycles. The average molecular weight is 840 g/mol. The van der Waals surface area contributed by atoms with Crippen LogP contribution in [0.1, 0.15) is 11.1 Å². The van der Waals surface area contributed by atoms with Crippen molar-refractivity contribution in [2.24, 2.45) is 20.0 Å². The van der Waals surface area contributed by atoms with Crippen molar-refractivity contribution in [3.8, 4) is 0 Å². The van der Waals surface area contributed by atoms with E-state index in [2.05, 4.69) is 49.9 Å². The van der Waals surface area contributed by atoms with Crippen LogP contribution in [0.25, 0.3) is 12.2 Å². The largest absolute Gasteiger partial charge is 1.00 e. The van der Waals surface area contributed by atoms with E-state index in [-0.39, 0.29) is 136 Å². The zero-order valence-electron chi connectivity index (χ0n) is 28.1. The fourth-order valence-corrected chi connectivity index (χ4v) is 6.28. The van der Waals surface area contributed by atoms with Gasteiger partial charge in [0, 0.05) is 0 Å². The molecule has 22 heteroatoms. The summed E-state index contributed by atoms with van der Waals surface area (Å²) in [7, 11) is -10.2. The molecule has 0 fully saturated rings. The second-order valence-electron chi connectivity index (χ2n) is 10.5. The summed E-state index contributed by atoms with van der Waals surface area (Å²) in [5.74, 6) is 0. The third-order valence-corrected chi connectivity index (χ3v) is 8.89. The van der Waals surface area contributed by atoms with Crippen LogP contribution in [-0.4, -0.2) is 55.8 Å². The first-order valence-corrected chi connectivity index (χ1v) is 18.3. The van der Waals surface area contributed by atoms with Crippen molar-refractivity contribution in [3.05, 3.63) is 141 Å². The molecule has 0 saturated heterocycles. The second-order valence-corrected chi connectivity index (χ2v) is 13.9. The molecule has 0 bridgehead atoms. The standard InChI is InChI=1S/C32H24Cl2N10O6S2.K.Na/c33-27-39-29(35-21-7-3-1-4-8-21)43-31(41-27)37-23-15-13-19(25(17-23)51(45,46)47)11-12-20-14-16-24(18-26(20)52(48,49)50)38-32-42-28(34)40-30(44-32)36-22-9-5-2-6-10-22;;/h1-18H,(H,45,46,47)(H,48,49,50)(H2,35,37,39,41,43)(H2,36,38,40,42,44);;/q;2*+1/p-2/b12-11+;;. The van der Waals surface area contributed by atoms with Crippen LogP contribution in [0.2, 0.25) is 10.6 Å². The van der Waals surface area contributed by atoms with Crippen LogP contribution < -0.4 is 103 Å². The molecule has 264 valence electrons. The van der Waals surface area contributed by atoms with Gasteiger partial charge in [0.25, 0.3) is 0 Å². The molecule has 2 aromatic heterocycles. The number of rotatable bonds is 8. The van der Waals surface area contributed by atoms with Gasteiger partial charge in [-0.15, -0.1) is 0 Å². The van der Waals surface area contributed by atoms with Crippen molar-refractivity contribution < 1.29 is 107 Å². The monoisotopic (exact) mass is 838 g/mol. The summed E-state index contributed by atoms with van der Waals surface area (Å²) in [6.07, 6.45) is 2.35. The van der Waals surface area contributed by atoms with Crippen LogP contribution in [0.15, 0.2) is 127 Å². The van der Waals surface area contributed by atoms with Gasteiger partial charge < -0.3 is 19.1 Å². The van der Waals surface area contributed by atoms with E-state index < -0.39 is 30.0 Å². The summed E-state index contributed by atoms with van der Waals surface area (Å²) in [6.45, 7) is 0. The number of hydrogen-bond donors (Lipinski definition) is 4. The first-order chi connectivity index (χ1) is 24.8. The Hall–Kier alpha value is -3.12. The fraction of sp³-hybridized carbons (Fsp3) is 0. The number of hydrogen-bond acceptors (Lipinski definition) is 12. The number of H-pyrrole nitrogens is 4. The van der Waals surface area contributed by atoms with Crippen LogP contribution in [0, 0.1) is 0 Å². The molecule has 0 aliphatic rings. The quantitative estimate of drug-likeness (QED) is 0.0757. The molecule has 6 aromatic rings. The maximum atomic E-state index is 12.3. The van der Waals surface area contributed by atoms with Gasteiger partial charge in [-0.3, -0.25) is 9.97 Å². The predicted molar refractivity (Wildman–Crippen MR) is 187 cm³/mol. The molecule has 0 atom stereocenters. The minimum absolute atomic E-state index is 0. The molecular formula is C32H22Cl2KN10NaO6S2. The molecule has 0 amide bonds. The third kappa shape index (κ3) is 12.2. The molecular weight excluding hydrogens is 818 g/mol. The van der Waals surface area contributed by atoms with E-state index in [9.17, 15) is 25.9 Å². The topological polar surface area (TPSA) is 253 Å². The van der Waals surface area contributed by atoms with E-state index in [1.807, 2.05) is 12.1 Å². The van der Waals surface area contributed by atoms with Gasteiger partial charge in [-0.1, -0.05) is 60.7 Å².